The molecule has 1 aliphatic rings. The summed E-state index contributed by atoms with van der Waals surface area (Å²) in [7, 11) is 0. The molecule has 0 unspecified atom stereocenters. The molecule has 4 amide bonds. The van der Waals surface area contributed by atoms with Gasteiger partial charge in [-0.15, -0.1) is 0 Å². The van der Waals surface area contributed by atoms with Gasteiger partial charge in [0.15, 0.2) is 0 Å². The van der Waals surface area contributed by atoms with Gasteiger partial charge in [-0.25, -0.2) is 9.18 Å². The fourth-order valence-corrected chi connectivity index (χ4v) is 3.57. The second-order valence-electron chi connectivity index (χ2n) is 7.53. The largest absolute Gasteiger partial charge is 0.352 e. The van der Waals surface area contributed by atoms with E-state index in [2.05, 4.69) is 10.6 Å². The Morgan fingerprint density at radius 3 is 2.52 bits per heavy atom. The molecule has 1 fully saturated rings. The Morgan fingerprint density at radius 2 is 1.83 bits per heavy atom. The van der Waals surface area contributed by atoms with E-state index < -0.39 is 35.7 Å². The second-order valence-corrected chi connectivity index (χ2v) is 7.53. The number of nitrogens with one attached hydrogen (secondary N) is 2. The molecular weight excluding hydrogens is 373 g/mol. The Labute approximate surface area is 169 Å². The van der Waals surface area contributed by atoms with Crippen LogP contribution in [0.3, 0.4) is 0 Å². The first-order valence-corrected chi connectivity index (χ1v) is 9.45. The van der Waals surface area contributed by atoms with E-state index in [1.807, 2.05) is 38.1 Å². The zero-order chi connectivity index (χ0) is 21.2. The summed E-state index contributed by atoms with van der Waals surface area (Å²) in [6, 6.07) is 12.8. The number of hydrogen-bond donors (Lipinski definition) is 2. The van der Waals surface area contributed by atoms with E-state index >= 15 is 0 Å². The molecule has 152 valence electrons. The Kier molecular flexibility index (Phi) is 5.68. The Hall–Kier alpha value is -3.22. The smallest absolute Gasteiger partial charge is 0.325 e. The highest BCUT2D eigenvalue weighted by Crippen LogP contribution is 2.30. The molecule has 6 nitrogen and oxygen atoms in total. The molecule has 7 heteroatoms. The van der Waals surface area contributed by atoms with Crippen molar-refractivity contribution in [2.75, 3.05) is 6.54 Å². The maximum absolute atomic E-state index is 14.2. The van der Waals surface area contributed by atoms with Crippen LogP contribution in [0, 0.1) is 12.7 Å². The molecule has 1 heterocycles. The Morgan fingerprint density at radius 1 is 1.17 bits per heavy atom. The maximum Gasteiger partial charge on any atom is 0.325 e. The van der Waals surface area contributed by atoms with Crippen molar-refractivity contribution >= 4 is 17.8 Å². The van der Waals surface area contributed by atoms with Crippen LogP contribution in [0.25, 0.3) is 0 Å². The summed E-state index contributed by atoms with van der Waals surface area (Å²) in [6.07, 6.45) is 0.630. The normalized spacial score (nSPS) is 19.8. The number of amides is 4. The molecule has 2 aromatic carbocycles. The van der Waals surface area contributed by atoms with Crippen molar-refractivity contribution in [2.24, 2.45) is 0 Å². The van der Waals surface area contributed by atoms with Gasteiger partial charge in [-0.3, -0.25) is 14.5 Å². The highest BCUT2D eigenvalue weighted by atomic mass is 19.1. The predicted octanol–water partition coefficient (Wildman–Crippen LogP) is 2.65. The summed E-state index contributed by atoms with van der Waals surface area (Å²) in [5.74, 6) is -1.71. The van der Waals surface area contributed by atoms with Crippen molar-refractivity contribution in [3.8, 4) is 0 Å². The average Bonchev–Trinajstić information content (AvgIpc) is 2.87. The first-order chi connectivity index (χ1) is 13.7. The van der Waals surface area contributed by atoms with Crippen LogP contribution in [0.15, 0.2) is 48.5 Å². The number of nitrogens with zero attached hydrogens (tertiary/aromatic N) is 1. The quantitative estimate of drug-likeness (QED) is 0.736. The molecular formula is C22H24FN3O3. The van der Waals surface area contributed by atoms with Crippen LogP contribution in [-0.4, -0.2) is 35.3 Å². The van der Waals surface area contributed by atoms with E-state index in [4.69, 9.17) is 0 Å². The zero-order valence-electron chi connectivity index (χ0n) is 16.7. The number of halogens is 1. The first kappa shape index (κ1) is 20.5. The molecule has 29 heavy (non-hydrogen) atoms. The van der Waals surface area contributed by atoms with E-state index in [-0.39, 0.29) is 11.6 Å². The van der Waals surface area contributed by atoms with Gasteiger partial charge in [0.05, 0.1) is 0 Å². The molecule has 2 atom stereocenters. The summed E-state index contributed by atoms with van der Waals surface area (Å²) in [6.45, 7) is 4.87. The van der Waals surface area contributed by atoms with Crippen molar-refractivity contribution in [2.45, 2.75) is 38.8 Å². The van der Waals surface area contributed by atoms with Crippen molar-refractivity contribution in [3.05, 3.63) is 71.0 Å². The molecule has 0 saturated carbocycles. The number of carbonyl (C=O) groups excluding carboxylic acids is 3. The number of rotatable bonds is 6. The van der Waals surface area contributed by atoms with Crippen LogP contribution in [0.2, 0.25) is 0 Å². The van der Waals surface area contributed by atoms with Gasteiger partial charge in [0.1, 0.15) is 17.9 Å². The van der Waals surface area contributed by atoms with Gasteiger partial charge in [-0.05, 0) is 44.4 Å². The first-order valence-electron chi connectivity index (χ1n) is 9.45. The lowest BCUT2D eigenvalue weighted by molar-refractivity contribution is -0.135. The van der Waals surface area contributed by atoms with Crippen molar-refractivity contribution in [1.29, 1.82) is 0 Å². The summed E-state index contributed by atoms with van der Waals surface area (Å²) in [4.78, 5) is 38.4. The third-order valence-corrected chi connectivity index (χ3v) is 5.18. The average molecular weight is 397 g/mol. The van der Waals surface area contributed by atoms with E-state index in [1.165, 1.54) is 25.1 Å². The number of hydrogen-bond acceptors (Lipinski definition) is 3. The molecule has 1 saturated heterocycles. The molecule has 3 rings (SSSR count). The number of urea groups is 1. The number of benzene rings is 2. The van der Waals surface area contributed by atoms with Crippen LogP contribution < -0.4 is 10.6 Å². The minimum Gasteiger partial charge on any atom is -0.352 e. The molecule has 2 N–H and O–H groups in total. The topological polar surface area (TPSA) is 78.5 Å². The summed E-state index contributed by atoms with van der Waals surface area (Å²) in [5, 5.41) is 5.33. The van der Waals surface area contributed by atoms with Crippen LogP contribution in [-0.2, 0) is 21.5 Å². The van der Waals surface area contributed by atoms with Gasteiger partial charge in [0, 0.05) is 11.6 Å². The predicted molar refractivity (Wildman–Crippen MR) is 106 cm³/mol. The Balaban J connectivity index is 1.66. The molecule has 2 aromatic rings. The summed E-state index contributed by atoms with van der Waals surface area (Å²) >= 11 is 0. The van der Waals surface area contributed by atoms with Crippen molar-refractivity contribution in [3.63, 3.8) is 0 Å². The molecule has 0 spiro atoms. The minimum atomic E-state index is -1.55. The van der Waals surface area contributed by atoms with E-state index in [9.17, 15) is 18.8 Å². The fraction of sp³-hybridized carbons (Fsp3) is 0.318. The lowest BCUT2D eigenvalue weighted by Gasteiger charge is -2.23. The lowest BCUT2D eigenvalue weighted by atomic mass is 9.91. The number of aryl methyl sites for hydroxylation is 1. The molecule has 1 aliphatic heterocycles. The van der Waals surface area contributed by atoms with Gasteiger partial charge in [-0.2, -0.15) is 0 Å². The van der Waals surface area contributed by atoms with E-state index in [1.54, 1.807) is 6.07 Å². The standard InChI is InChI=1S/C22H24FN3O3/c1-14-8-4-5-9-16(14)12-15(2)24-19(27)13-26-20(28)22(3,25-21(26)29)17-10-6-7-11-18(17)23/h4-11,15H,12-13H2,1-3H3,(H,24,27)(H,25,29)/t15-,22-/m1/s1. The third-order valence-electron chi connectivity index (χ3n) is 5.18. The van der Waals surface area contributed by atoms with Gasteiger partial charge in [0.25, 0.3) is 5.91 Å². The SMILES string of the molecule is Cc1ccccc1C[C@@H](C)NC(=O)CN1C(=O)N[C@](C)(c2ccccc2F)C1=O. The molecule has 0 aromatic heterocycles. The third kappa shape index (κ3) is 4.13. The maximum atomic E-state index is 14.2. The van der Waals surface area contributed by atoms with E-state index in [0.29, 0.717) is 6.42 Å². The van der Waals surface area contributed by atoms with Crippen LogP contribution in [0.1, 0.15) is 30.5 Å². The Bertz CT molecular complexity index is 962. The van der Waals surface area contributed by atoms with E-state index in [0.717, 1.165) is 16.0 Å². The highest BCUT2D eigenvalue weighted by Gasteiger charge is 2.50. The lowest BCUT2D eigenvalue weighted by Crippen LogP contribution is -2.45. The van der Waals surface area contributed by atoms with Crippen molar-refractivity contribution < 1.29 is 18.8 Å². The van der Waals surface area contributed by atoms with Gasteiger partial charge in [0.2, 0.25) is 5.91 Å². The second kappa shape index (κ2) is 8.03. The van der Waals surface area contributed by atoms with Gasteiger partial charge < -0.3 is 10.6 Å². The molecule has 0 radical (unpaired) electrons. The van der Waals surface area contributed by atoms with Gasteiger partial charge in [-0.1, -0.05) is 42.5 Å². The van der Waals surface area contributed by atoms with Gasteiger partial charge >= 0.3 is 6.03 Å². The minimum absolute atomic E-state index is 0.0641. The monoisotopic (exact) mass is 397 g/mol. The van der Waals surface area contributed by atoms with Crippen molar-refractivity contribution in [1.82, 2.24) is 15.5 Å². The fourth-order valence-electron chi connectivity index (χ4n) is 3.57. The molecule has 0 aliphatic carbocycles. The van der Waals surface area contributed by atoms with Crippen LogP contribution in [0.4, 0.5) is 9.18 Å². The summed E-state index contributed by atoms with van der Waals surface area (Å²) < 4.78 is 14.2. The zero-order valence-corrected chi connectivity index (χ0v) is 16.7. The highest BCUT2D eigenvalue weighted by molar-refractivity contribution is 6.09. The number of imide groups is 1. The van der Waals surface area contributed by atoms with Crippen LogP contribution >= 0.6 is 0 Å². The molecule has 0 bridgehead atoms. The number of carbonyl (C=O) groups is 3. The summed E-state index contributed by atoms with van der Waals surface area (Å²) in [5.41, 5.74) is 0.759. The van der Waals surface area contributed by atoms with Crippen LogP contribution in [0.5, 0.6) is 0 Å².